The fourth-order valence-electron chi connectivity index (χ4n) is 2.25. The summed E-state index contributed by atoms with van der Waals surface area (Å²) >= 11 is 1.48. The number of carbonyl (C=O) groups is 2. The highest BCUT2D eigenvalue weighted by Crippen LogP contribution is 2.29. The molecule has 0 aliphatic rings. The number of amides is 2. The van der Waals surface area contributed by atoms with Gasteiger partial charge in [0.15, 0.2) is 0 Å². The lowest BCUT2D eigenvalue weighted by atomic mass is 10.2. The van der Waals surface area contributed by atoms with Crippen LogP contribution in [0.5, 0.6) is 5.75 Å². The minimum absolute atomic E-state index is 0.156. The van der Waals surface area contributed by atoms with Crippen LogP contribution in [0.2, 0.25) is 0 Å². The lowest BCUT2D eigenvalue weighted by molar-refractivity contribution is -0.114. The maximum atomic E-state index is 12.4. The van der Waals surface area contributed by atoms with E-state index in [0.717, 1.165) is 11.3 Å². The van der Waals surface area contributed by atoms with E-state index in [1.165, 1.54) is 30.9 Å². The molecule has 0 unspecified atom stereocenters. The van der Waals surface area contributed by atoms with Crippen molar-refractivity contribution in [3.63, 3.8) is 0 Å². The zero-order chi connectivity index (χ0) is 17.0. The first-order valence-corrected chi connectivity index (χ1v) is 8.12. The number of benzene rings is 1. The molecule has 0 saturated heterocycles. The van der Waals surface area contributed by atoms with Crippen LogP contribution in [0.3, 0.4) is 0 Å². The Balaban J connectivity index is 2.21. The number of rotatable bonds is 5. The van der Waals surface area contributed by atoms with Crippen LogP contribution in [0.1, 0.15) is 34.0 Å². The van der Waals surface area contributed by atoms with E-state index in [-0.39, 0.29) is 11.8 Å². The summed E-state index contributed by atoms with van der Waals surface area (Å²) in [5.41, 5.74) is 2.31. The first kappa shape index (κ1) is 17.0. The molecule has 1 aromatic carbocycles. The molecule has 0 radical (unpaired) electrons. The molecule has 2 N–H and O–H groups in total. The highest BCUT2D eigenvalue weighted by Gasteiger charge is 2.13. The van der Waals surface area contributed by atoms with Gasteiger partial charge in [-0.25, -0.2) is 0 Å². The molecule has 0 aliphatic carbocycles. The van der Waals surface area contributed by atoms with Crippen molar-refractivity contribution in [2.45, 2.75) is 27.2 Å². The van der Waals surface area contributed by atoms with E-state index >= 15 is 0 Å². The Hall–Kier alpha value is -2.34. The van der Waals surface area contributed by atoms with Gasteiger partial charge in [-0.05, 0) is 43.2 Å². The summed E-state index contributed by atoms with van der Waals surface area (Å²) < 4.78 is 5.20. The molecule has 5 nitrogen and oxygen atoms in total. The van der Waals surface area contributed by atoms with Crippen molar-refractivity contribution in [1.82, 2.24) is 0 Å². The van der Waals surface area contributed by atoms with Gasteiger partial charge in [-0.15, -0.1) is 11.3 Å². The molecular formula is C17H20N2O3S. The van der Waals surface area contributed by atoms with E-state index < -0.39 is 0 Å². The molecule has 2 amide bonds. The molecule has 1 heterocycles. The van der Waals surface area contributed by atoms with Crippen LogP contribution in [0.25, 0.3) is 0 Å². The predicted octanol–water partition coefficient (Wildman–Crippen LogP) is 3.84. The van der Waals surface area contributed by atoms with Crippen molar-refractivity contribution in [1.29, 1.82) is 0 Å². The Bertz CT molecular complexity index is 737. The summed E-state index contributed by atoms with van der Waals surface area (Å²) in [6.45, 7) is 5.51. The van der Waals surface area contributed by atoms with Gasteiger partial charge in [-0.3, -0.25) is 9.59 Å². The number of thiophene rings is 1. The lowest BCUT2D eigenvalue weighted by Gasteiger charge is -2.11. The smallest absolute Gasteiger partial charge is 0.265 e. The van der Waals surface area contributed by atoms with Gasteiger partial charge in [0.2, 0.25) is 5.91 Å². The van der Waals surface area contributed by atoms with Gasteiger partial charge in [-0.1, -0.05) is 6.92 Å². The zero-order valence-corrected chi connectivity index (χ0v) is 14.5. The summed E-state index contributed by atoms with van der Waals surface area (Å²) in [6, 6.07) is 7.05. The van der Waals surface area contributed by atoms with Gasteiger partial charge in [-0.2, -0.15) is 0 Å². The Morgan fingerprint density at radius 2 is 1.96 bits per heavy atom. The number of aryl methyl sites for hydroxylation is 2. The van der Waals surface area contributed by atoms with Gasteiger partial charge < -0.3 is 15.4 Å². The number of ether oxygens (including phenoxy) is 1. The maximum Gasteiger partial charge on any atom is 0.265 e. The van der Waals surface area contributed by atoms with Crippen LogP contribution in [0.15, 0.2) is 24.3 Å². The Labute approximate surface area is 139 Å². The molecule has 0 bridgehead atoms. The second kappa shape index (κ2) is 7.28. The fourth-order valence-corrected chi connectivity index (χ4v) is 3.26. The first-order chi connectivity index (χ1) is 10.9. The molecule has 6 heteroatoms. The average Bonchev–Trinajstić information content (AvgIpc) is 2.88. The summed E-state index contributed by atoms with van der Waals surface area (Å²) in [4.78, 5) is 25.5. The van der Waals surface area contributed by atoms with Crippen molar-refractivity contribution in [3.8, 4) is 5.75 Å². The number of carbonyl (C=O) groups excluding carboxylic acids is 2. The van der Waals surface area contributed by atoms with E-state index in [1.54, 1.807) is 18.2 Å². The fraction of sp³-hybridized carbons (Fsp3) is 0.294. The van der Waals surface area contributed by atoms with Crippen LogP contribution < -0.4 is 15.4 Å². The largest absolute Gasteiger partial charge is 0.495 e. The number of anilines is 2. The molecular weight excluding hydrogens is 312 g/mol. The van der Waals surface area contributed by atoms with E-state index in [0.29, 0.717) is 22.0 Å². The topological polar surface area (TPSA) is 67.4 Å². The van der Waals surface area contributed by atoms with Crippen LogP contribution in [-0.4, -0.2) is 18.9 Å². The zero-order valence-electron chi connectivity index (χ0n) is 13.6. The van der Waals surface area contributed by atoms with Crippen LogP contribution in [-0.2, 0) is 11.2 Å². The Kier molecular flexibility index (Phi) is 5.39. The summed E-state index contributed by atoms with van der Waals surface area (Å²) in [5.74, 6) is 0.184. The number of methoxy groups -OCH3 is 1. The normalized spacial score (nSPS) is 10.3. The van der Waals surface area contributed by atoms with Crippen LogP contribution >= 0.6 is 11.3 Å². The summed E-state index contributed by atoms with van der Waals surface area (Å²) in [5, 5.41) is 5.54. The molecule has 0 saturated carbocycles. The molecule has 0 spiro atoms. The Morgan fingerprint density at radius 1 is 1.22 bits per heavy atom. The molecule has 2 rings (SSSR count). The quantitative estimate of drug-likeness (QED) is 0.874. The van der Waals surface area contributed by atoms with Crippen LogP contribution in [0, 0.1) is 6.92 Å². The molecule has 0 aliphatic heterocycles. The molecule has 23 heavy (non-hydrogen) atoms. The minimum atomic E-state index is -0.201. The third-order valence-electron chi connectivity index (χ3n) is 3.39. The van der Waals surface area contributed by atoms with Crippen molar-refractivity contribution in [3.05, 3.63) is 39.6 Å². The SMILES string of the molecule is CCc1cc(C(=O)Nc2ccc(OC)c(NC(C)=O)c2)sc1C. The van der Waals surface area contributed by atoms with Gasteiger partial charge >= 0.3 is 0 Å². The third-order valence-corrected chi connectivity index (χ3v) is 4.48. The van der Waals surface area contributed by atoms with Gasteiger partial charge in [0, 0.05) is 17.5 Å². The standard InChI is InChI=1S/C17H20N2O3S/c1-5-12-8-16(23-10(12)2)17(21)19-13-6-7-15(22-4)14(9-13)18-11(3)20/h6-9H,5H2,1-4H3,(H,18,20)(H,19,21). The molecule has 122 valence electrons. The molecule has 1 aromatic heterocycles. The highest BCUT2D eigenvalue weighted by atomic mass is 32.1. The number of nitrogens with one attached hydrogen (secondary N) is 2. The van der Waals surface area contributed by atoms with Crippen molar-refractivity contribution >= 4 is 34.5 Å². The highest BCUT2D eigenvalue weighted by molar-refractivity contribution is 7.14. The summed E-state index contributed by atoms with van der Waals surface area (Å²) in [7, 11) is 1.53. The summed E-state index contributed by atoms with van der Waals surface area (Å²) in [6.07, 6.45) is 0.908. The van der Waals surface area contributed by atoms with E-state index in [2.05, 4.69) is 17.6 Å². The van der Waals surface area contributed by atoms with Gasteiger partial charge in [0.1, 0.15) is 5.75 Å². The second-order valence-electron chi connectivity index (χ2n) is 5.10. The number of hydrogen-bond acceptors (Lipinski definition) is 4. The van der Waals surface area contributed by atoms with E-state index in [1.807, 2.05) is 13.0 Å². The van der Waals surface area contributed by atoms with Crippen molar-refractivity contribution < 1.29 is 14.3 Å². The predicted molar refractivity (Wildman–Crippen MR) is 93.7 cm³/mol. The Morgan fingerprint density at radius 3 is 2.52 bits per heavy atom. The molecule has 0 atom stereocenters. The molecule has 2 aromatic rings. The lowest BCUT2D eigenvalue weighted by Crippen LogP contribution is -2.12. The monoisotopic (exact) mass is 332 g/mol. The average molecular weight is 332 g/mol. The van der Waals surface area contributed by atoms with E-state index in [9.17, 15) is 9.59 Å². The van der Waals surface area contributed by atoms with Crippen molar-refractivity contribution in [2.24, 2.45) is 0 Å². The third kappa shape index (κ3) is 4.10. The van der Waals surface area contributed by atoms with Crippen molar-refractivity contribution in [2.75, 3.05) is 17.7 Å². The van der Waals surface area contributed by atoms with Gasteiger partial charge in [0.25, 0.3) is 5.91 Å². The van der Waals surface area contributed by atoms with E-state index in [4.69, 9.17) is 4.74 Å². The van der Waals surface area contributed by atoms with Crippen LogP contribution in [0.4, 0.5) is 11.4 Å². The number of hydrogen-bond donors (Lipinski definition) is 2. The minimum Gasteiger partial charge on any atom is -0.495 e. The maximum absolute atomic E-state index is 12.4. The second-order valence-corrected chi connectivity index (χ2v) is 6.35. The van der Waals surface area contributed by atoms with Gasteiger partial charge in [0.05, 0.1) is 17.7 Å². The molecule has 0 fully saturated rings. The first-order valence-electron chi connectivity index (χ1n) is 7.30.